The number of rotatable bonds is 6. The fourth-order valence-corrected chi connectivity index (χ4v) is 3.35. The Morgan fingerprint density at radius 3 is 2.58 bits per heavy atom. The molecule has 33 heavy (non-hydrogen) atoms. The average Bonchev–Trinajstić information content (AvgIpc) is 3.29. The number of aromatic nitrogens is 6. The summed E-state index contributed by atoms with van der Waals surface area (Å²) in [5, 5.41) is 14.9. The first kappa shape index (κ1) is 22.3. The zero-order chi connectivity index (χ0) is 23.4. The summed E-state index contributed by atoms with van der Waals surface area (Å²) in [6, 6.07) is 13.5. The quantitative estimate of drug-likeness (QED) is 0.448. The monoisotopic (exact) mass is 463 g/mol. The highest BCUT2D eigenvalue weighted by molar-refractivity contribution is 6.29. The highest BCUT2D eigenvalue weighted by atomic mass is 35.5. The lowest BCUT2D eigenvalue weighted by atomic mass is 10.0. The first-order chi connectivity index (χ1) is 15.9. The third kappa shape index (κ3) is 5.32. The molecule has 0 unspecified atom stereocenters. The molecule has 1 amide bonds. The number of halogens is 1. The number of carbonyl (C=O) groups excluding carboxylic acids is 1. The maximum absolute atomic E-state index is 12.5. The van der Waals surface area contributed by atoms with E-state index in [2.05, 4.69) is 30.8 Å². The van der Waals surface area contributed by atoms with E-state index < -0.39 is 6.09 Å². The van der Waals surface area contributed by atoms with Crippen LogP contribution in [0.5, 0.6) is 5.75 Å². The summed E-state index contributed by atoms with van der Waals surface area (Å²) in [5.74, 6) is 1.15. The van der Waals surface area contributed by atoms with E-state index in [1.807, 2.05) is 51.1 Å². The standard InChI is InChI=1S/C23H22ClN7O2/c1-14(2)22-28-29-30-31(22)18-10-17(16-6-4-15(3)5-7-16)11-19(12-18)33-23(32)27-13-20-21(24)26-9-8-25-20/h4-12,14H,13H2,1-3H3,(H,27,32). The first-order valence-corrected chi connectivity index (χ1v) is 10.7. The van der Waals surface area contributed by atoms with Crippen molar-refractivity contribution in [2.75, 3.05) is 0 Å². The SMILES string of the molecule is Cc1ccc(-c2cc(OC(=O)NCc3nccnc3Cl)cc(-n3nnnc3C(C)C)c2)cc1. The Labute approximate surface area is 195 Å². The van der Waals surface area contributed by atoms with E-state index in [0.717, 1.165) is 16.7 Å². The van der Waals surface area contributed by atoms with Gasteiger partial charge in [-0.1, -0.05) is 55.3 Å². The molecular weight excluding hydrogens is 442 g/mol. The summed E-state index contributed by atoms with van der Waals surface area (Å²) in [6.07, 6.45) is 2.33. The van der Waals surface area contributed by atoms with Crippen LogP contribution in [0.3, 0.4) is 0 Å². The van der Waals surface area contributed by atoms with Crippen LogP contribution < -0.4 is 10.1 Å². The van der Waals surface area contributed by atoms with Crippen LogP contribution in [0.15, 0.2) is 54.9 Å². The summed E-state index contributed by atoms with van der Waals surface area (Å²) in [4.78, 5) is 20.5. The Morgan fingerprint density at radius 1 is 1.09 bits per heavy atom. The molecule has 4 aromatic rings. The summed E-state index contributed by atoms with van der Waals surface area (Å²) in [7, 11) is 0. The van der Waals surface area contributed by atoms with Crippen molar-refractivity contribution in [3.05, 3.63) is 77.1 Å². The smallest absolute Gasteiger partial charge is 0.410 e. The van der Waals surface area contributed by atoms with Crippen molar-refractivity contribution in [1.29, 1.82) is 0 Å². The Balaban J connectivity index is 1.64. The molecule has 0 saturated heterocycles. The first-order valence-electron chi connectivity index (χ1n) is 10.3. The molecule has 1 N–H and O–H groups in total. The molecule has 2 heterocycles. The van der Waals surface area contributed by atoms with Crippen molar-refractivity contribution in [3.63, 3.8) is 0 Å². The number of amides is 1. The highest BCUT2D eigenvalue weighted by Gasteiger charge is 2.16. The maximum atomic E-state index is 12.5. The van der Waals surface area contributed by atoms with Crippen LogP contribution in [0.4, 0.5) is 4.79 Å². The number of aryl methyl sites for hydroxylation is 1. The second-order valence-corrected chi connectivity index (χ2v) is 8.08. The van der Waals surface area contributed by atoms with Gasteiger partial charge in [-0.25, -0.2) is 9.78 Å². The minimum Gasteiger partial charge on any atom is -0.410 e. The van der Waals surface area contributed by atoms with E-state index in [0.29, 0.717) is 23.0 Å². The van der Waals surface area contributed by atoms with E-state index in [4.69, 9.17) is 16.3 Å². The topological polar surface area (TPSA) is 108 Å². The van der Waals surface area contributed by atoms with Gasteiger partial charge in [0.15, 0.2) is 11.0 Å². The molecule has 0 saturated carbocycles. The number of nitrogens with one attached hydrogen (secondary N) is 1. The van der Waals surface area contributed by atoms with Crippen molar-refractivity contribution in [2.24, 2.45) is 0 Å². The molecule has 168 valence electrons. The number of tetrazole rings is 1. The molecule has 2 aromatic heterocycles. The van der Waals surface area contributed by atoms with Crippen LogP contribution in [-0.4, -0.2) is 36.3 Å². The van der Waals surface area contributed by atoms with Crippen molar-refractivity contribution < 1.29 is 9.53 Å². The van der Waals surface area contributed by atoms with Crippen LogP contribution in [0.2, 0.25) is 5.15 Å². The number of hydrogen-bond acceptors (Lipinski definition) is 7. The van der Waals surface area contributed by atoms with Crippen LogP contribution in [0.1, 0.15) is 36.8 Å². The molecule has 0 bridgehead atoms. The van der Waals surface area contributed by atoms with E-state index in [9.17, 15) is 4.79 Å². The Bertz CT molecular complexity index is 1270. The molecule has 4 rings (SSSR count). The molecule has 0 spiro atoms. The normalized spacial score (nSPS) is 10.9. The highest BCUT2D eigenvalue weighted by Crippen LogP contribution is 2.29. The molecule has 9 nitrogen and oxygen atoms in total. The molecule has 2 aromatic carbocycles. The van der Waals surface area contributed by atoms with Gasteiger partial charge in [0.2, 0.25) is 0 Å². The third-order valence-corrected chi connectivity index (χ3v) is 5.18. The Hall–Kier alpha value is -3.85. The lowest BCUT2D eigenvalue weighted by Gasteiger charge is -2.13. The van der Waals surface area contributed by atoms with Gasteiger partial charge in [-0.3, -0.25) is 4.98 Å². The minimum atomic E-state index is -0.649. The molecule has 0 aliphatic heterocycles. The molecule has 0 aliphatic carbocycles. The fourth-order valence-electron chi connectivity index (χ4n) is 3.18. The van der Waals surface area contributed by atoms with Gasteiger partial charge < -0.3 is 10.1 Å². The molecule has 0 radical (unpaired) electrons. The van der Waals surface area contributed by atoms with Gasteiger partial charge in [-0.2, -0.15) is 4.68 Å². The molecule has 0 fully saturated rings. The van der Waals surface area contributed by atoms with Crippen LogP contribution in [0.25, 0.3) is 16.8 Å². The van der Waals surface area contributed by atoms with Gasteiger partial charge in [-0.15, -0.1) is 5.10 Å². The van der Waals surface area contributed by atoms with Crippen molar-refractivity contribution in [1.82, 2.24) is 35.5 Å². The van der Waals surface area contributed by atoms with Crippen LogP contribution in [0, 0.1) is 6.92 Å². The molecular formula is C23H22ClN7O2. The number of carbonyl (C=O) groups is 1. The van der Waals surface area contributed by atoms with Gasteiger partial charge in [0.25, 0.3) is 0 Å². The number of ether oxygens (including phenoxy) is 1. The van der Waals surface area contributed by atoms with Crippen molar-refractivity contribution in [2.45, 2.75) is 33.2 Å². The van der Waals surface area contributed by atoms with E-state index in [-0.39, 0.29) is 17.6 Å². The van der Waals surface area contributed by atoms with Gasteiger partial charge in [0.05, 0.1) is 17.9 Å². The molecule has 10 heteroatoms. The predicted molar refractivity (Wildman–Crippen MR) is 123 cm³/mol. The number of hydrogen-bond donors (Lipinski definition) is 1. The van der Waals surface area contributed by atoms with Crippen LogP contribution in [-0.2, 0) is 6.54 Å². The fraction of sp³-hybridized carbons (Fsp3) is 0.217. The summed E-state index contributed by atoms with van der Waals surface area (Å²) in [5.41, 5.74) is 4.11. The van der Waals surface area contributed by atoms with Gasteiger partial charge >= 0.3 is 6.09 Å². The average molecular weight is 464 g/mol. The third-order valence-electron chi connectivity index (χ3n) is 4.86. The largest absolute Gasteiger partial charge is 0.412 e. The predicted octanol–water partition coefficient (Wildman–Crippen LogP) is 4.49. The summed E-state index contributed by atoms with van der Waals surface area (Å²) in [6.45, 7) is 6.13. The van der Waals surface area contributed by atoms with Gasteiger partial charge in [0.1, 0.15) is 5.75 Å². The Kier molecular flexibility index (Phi) is 6.60. The molecule has 0 aliphatic rings. The lowest BCUT2D eigenvalue weighted by Crippen LogP contribution is -2.27. The Morgan fingerprint density at radius 2 is 1.85 bits per heavy atom. The van der Waals surface area contributed by atoms with E-state index in [1.165, 1.54) is 12.4 Å². The van der Waals surface area contributed by atoms with E-state index >= 15 is 0 Å². The molecule has 0 atom stereocenters. The minimum absolute atomic E-state index is 0.0838. The second-order valence-electron chi connectivity index (χ2n) is 7.72. The summed E-state index contributed by atoms with van der Waals surface area (Å²) >= 11 is 6.00. The number of benzene rings is 2. The van der Waals surface area contributed by atoms with Crippen molar-refractivity contribution in [3.8, 4) is 22.6 Å². The maximum Gasteiger partial charge on any atom is 0.412 e. The lowest BCUT2D eigenvalue weighted by molar-refractivity contribution is 0.200. The van der Waals surface area contributed by atoms with Gasteiger partial charge in [-0.05, 0) is 40.6 Å². The van der Waals surface area contributed by atoms with Crippen molar-refractivity contribution >= 4 is 17.7 Å². The number of nitrogens with zero attached hydrogens (tertiary/aromatic N) is 6. The summed E-state index contributed by atoms with van der Waals surface area (Å²) < 4.78 is 7.22. The zero-order valence-corrected chi connectivity index (χ0v) is 19.1. The van der Waals surface area contributed by atoms with Gasteiger partial charge in [0, 0.05) is 24.4 Å². The zero-order valence-electron chi connectivity index (χ0n) is 18.4. The van der Waals surface area contributed by atoms with Crippen LogP contribution >= 0.6 is 11.6 Å². The second kappa shape index (κ2) is 9.74. The van der Waals surface area contributed by atoms with E-state index in [1.54, 1.807) is 16.8 Å².